The predicted molar refractivity (Wildman–Crippen MR) is 99.0 cm³/mol. The van der Waals surface area contributed by atoms with Gasteiger partial charge in [0.05, 0.1) is 12.8 Å². The van der Waals surface area contributed by atoms with Gasteiger partial charge in [0.2, 0.25) is 21.8 Å². The molecule has 0 radical (unpaired) electrons. The molecule has 0 unspecified atom stereocenters. The van der Waals surface area contributed by atoms with Gasteiger partial charge in [-0.15, -0.1) is 0 Å². The predicted octanol–water partition coefficient (Wildman–Crippen LogP) is 0.797. The third kappa shape index (κ3) is 8.62. The summed E-state index contributed by atoms with van der Waals surface area (Å²) < 4.78 is 24.9. The molecule has 0 atom stereocenters. The van der Waals surface area contributed by atoms with Crippen molar-refractivity contribution in [3.05, 3.63) is 24.3 Å². The van der Waals surface area contributed by atoms with Crippen LogP contribution in [0.3, 0.4) is 0 Å². The standard InChI is InChI=1S/C16H26N4O4S/c1-13(21)17-14-7-5-8-15(11-14)18-16(22)12-20(25(4,23)24)10-6-9-19(2)3/h5,7-8,11H,6,9-10,12H2,1-4H3,(H,17,21)(H,18,22). The van der Waals surface area contributed by atoms with Crippen LogP contribution in [0, 0.1) is 0 Å². The number of hydrogen-bond acceptors (Lipinski definition) is 5. The average molecular weight is 370 g/mol. The van der Waals surface area contributed by atoms with Crippen molar-refractivity contribution in [2.75, 3.05) is 50.6 Å². The minimum atomic E-state index is -3.48. The lowest BCUT2D eigenvalue weighted by atomic mass is 10.2. The number of amides is 2. The zero-order chi connectivity index (χ0) is 19.0. The van der Waals surface area contributed by atoms with Crippen LogP contribution in [0.2, 0.25) is 0 Å². The van der Waals surface area contributed by atoms with Crippen molar-refractivity contribution >= 4 is 33.2 Å². The Labute approximate surface area is 149 Å². The Hall–Kier alpha value is -1.97. The van der Waals surface area contributed by atoms with E-state index in [9.17, 15) is 18.0 Å². The van der Waals surface area contributed by atoms with Gasteiger partial charge in [-0.3, -0.25) is 9.59 Å². The number of anilines is 2. The maximum atomic E-state index is 12.2. The van der Waals surface area contributed by atoms with Gasteiger partial charge in [0.15, 0.2) is 0 Å². The number of rotatable bonds is 9. The second-order valence-electron chi connectivity index (χ2n) is 6.06. The second kappa shape index (κ2) is 9.50. The molecule has 0 fully saturated rings. The van der Waals surface area contributed by atoms with Crippen LogP contribution in [0.15, 0.2) is 24.3 Å². The quantitative estimate of drug-likeness (QED) is 0.670. The zero-order valence-electron chi connectivity index (χ0n) is 15.1. The molecule has 0 bridgehead atoms. The van der Waals surface area contributed by atoms with E-state index >= 15 is 0 Å². The fourth-order valence-corrected chi connectivity index (χ4v) is 2.98. The van der Waals surface area contributed by atoms with E-state index in [0.717, 1.165) is 17.1 Å². The second-order valence-corrected chi connectivity index (χ2v) is 8.05. The van der Waals surface area contributed by atoms with Crippen molar-refractivity contribution in [2.45, 2.75) is 13.3 Å². The first-order chi connectivity index (χ1) is 11.6. The summed E-state index contributed by atoms with van der Waals surface area (Å²) in [6.07, 6.45) is 1.72. The Morgan fingerprint density at radius 2 is 1.68 bits per heavy atom. The smallest absolute Gasteiger partial charge is 0.239 e. The Balaban J connectivity index is 2.69. The Kier molecular flexibility index (Phi) is 8.01. The lowest BCUT2D eigenvalue weighted by Gasteiger charge is -2.20. The summed E-state index contributed by atoms with van der Waals surface area (Å²) in [6, 6.07) is 6.66. The number of nitrogens with zero attached hydrogens (tertiary/aromatic N) is 2. The monoisotopic (exact) mass is 370 g/mol. The normalized spacial score (nSPS) is 11.6. The zero-order valence-corrected chi connectivity index (χ0v) is 15.9. The molecule has 0 heterocycles. The molecule has 2 amide bonds. The fourth-order valence-electron chi connectivity index (χ4n) is 2.16. The maximum absolute atomic E-state index is 12.2. The molecular weight excluding hydrogens is 344 g/mol. The first-order valence-corrected chi connectivity index (χ1v) is 9.70. The largest absolute Gasteiger partial charge is 0.326 e. The summed E-state index contributed by atoms with van der Waals surface area (Å²) in [4.78, 5) is 25.2. The van der Waals surface area contributed by atoms with Gasteiger partial charge in [-0.2, -0.15) is 4.31 Å². The molecule has 0 aliphatic heterocycles. The van der Waals surface area contributed by atoms with Gasteiger partial charge < -0.3 is 15.5 Å². The van der Waals surface area contributed by atoms with Gasteiger partial charge in [0, 0.05) is 24.8 Å². The lowest BCUT2D eigenvalue weighted by molar-refractivity contribution is -0.116. The molecule has 0 aliphatic carbocycles. The van der Waals surface area contributed by atoms with E-state index in [0.29, 0.717) is 17.8 Å². The van der Waals surface area contributed by atoms with Crippen LogP contribution in [0.25, 0.3) is 0 Å². The highest BCUT2D eigenvalue weighted by atomic mass is 32.2. The van der Waals surface area contributed by atoms with Gasteiger partial charge in [-0.1, -0.05) is 6.07 Å². The van der Waals surface area contributed by atoms with Crippen LogP contribution >= 0.6 is 0 Å². The molecule has 1 aromatic rings. The molecule has 0 aromatic heterocycles. The number of carbonyl (C=O) groups is 2. The molecule has 140 valence electrons. The van der Waals surface area contributed by atoms with E-state index in [1.54, 1.807) is 24.3 Å². The number of benzene rings is 1. The van der Waals surface area contributed by atoms with Gasteiger partial charge in [0.25, 0.3) is 0 Å². The highest BCUT2D eigenvalue weighted by Gasteiger charge is 2.20. The van der Waals surface area contributed by atoms with Crippen molar-refractivity contribution in [3.8, 4) is 0 Å². The average Bonchev–Trinajstić information content (AvgIpc) is 2.44. The lowest BCUT2D eigenvalue weighted by Crippen LogP contribution is -2.38. The molecule has 1 aromatic carbocycles. The van der Waals surface area contributed by atoms with E-state index in [4.69, 9.17) is 0 Å². The van der Waals surface area contributed by atoms with Gasteiger partial charge in [0.1, 0.15) is 0 Å². The van der Waals surface area contributed by atoms with Crippen LogP contribution in [-0.4, -0.2) is 69.4 Å². The van der Waals surface area contributed by atoms with Crippen LogP contribution in [0.4, 0.5) is 11.4 Å². The third-order valence-corrected chi connectivity index (χ3v) is 4.52. The van der Waals surface area contributed by atoms with Crippen LogP contribution in [0.5, 0.6) is 0 Å². The third-order valence-electron chi connectivity index (χ3n) is 3.27. The molecular formula is C16H26N4O4S. The van der Waals surface area contributed by atoms with Gasteiger partial charge in [-0.05, 0) is 45.3 Å². The molecule has 1 rings (SSSR count). The van der Waals surface area contributed by atoms with Crippen LogP contribution in [0.1, 0.15) is 13.3 Å². The molecule has 25 heavy (non-hydrogen) atoms. The Morgan fingerprint density at radius 3 is 2.20 bits per heavy atom. The minimum Gasteiger partial charge on any atom is -0.326 e. The SMILES string of the molecule is CC(=O)Nc1cccc(NC(=O)CN(CCCN(C)C)S(C)(=O)=O)c1. The highest BCUT2D eigenvalue weighted by molar-refractivity contribution is 7.88. The molecule has 2 N–H and O–H groups in total. The first-order valence-electron chi connectivity index (χ1n) is 7.85. The van der Waals surface area contributed by atoms with E-state index in [-0.39, 0.29) is 19.0 Å². The molecule has 8 nitrogen and oxygen atoms in total. The van der Waals surface area contributed by atoms with Gasteiger partial charge >= 0.3 is 0 Å². The van der Waals surface area contributed by atoms with Crippen molar-refractivity contribution in [1.29, 1.82) is 0 Å². The van der Waals surface area contributed by atoms with Gasteiger partial charge in [-0.25, -0.2) is 8.42 Å². The minimum absolute atomic E-state index is 0.215. The maximum Gasteiger partial charge on any atom is 0.239 e. The van der Waals surface area contributed by atoms with Crippen molar-refractivity contribution in [2.24, 2.45) is 0 Å². The first kappa shape index (κ1) is 21.1. The van der Waals surface area contributed by atoms with E-state index in [1.165, 1.54) is 6.92 Å². The Bertz CT molecular complexity index is 704. The summed E-state index contributed by atoms with van der Waals surface area (Å²) in [6.45, 7) is 2.14. The summed E-state index contributed by atoms with van der Waals surface area (Å²) in [5.41, 5.74) is 1.04. The van der Waals surface area contributed by atoms with Crippen molar-refractivity contribution in [1.82, 2.24) is 9.21 Å². The molecule has 0 saturated heterocycles. The molecule has 0 spiro atoms. The highest BCUT2D eigenvalue weighted by Crippen LogP contribution is 2.15. The summed E-state index contributed by atoms with van der Waals surface area (Å²) in [5, 5.41) is 5.27. The van der Waals surface area contributed by atoms with Crippen LogP contribution in [-0.2, 0) is 19.6 Å². The number of sulfonamides is 1. The number of carbonyl (C=O) groups excluding carboxylic acids is 2. The summed E-state index contributed by atoms with van der Waals surface area (Å²) >= 11 is 0. The van der Waals surface area contributed by atoms with E-state index in [1.807, 2.05) is 19.0 Å². The fraction of sp³-hybridized carbons (Fsp3) is 0.500. The topological polar surface area (TPSA) is 98.8 Å². The summed E-state index contributed by atoms with van der Waals surface area (Å²) in [5.74, 6) is -0.650. The van der Waals surface area contributed by atoms with Crippen molar-refractivity contribution < 1.29 is 18.0 Å². The van der Waals surface area contributed by atoms with E-state index in [2.05, 4.69) is 10.6 Å². The summed E-state index contributed by atoms with van der Waals surface area (Å²) in [7, 11) is 0.327. The number of hydrogen-bond donors (Lipinski definition) is 2. The van der Waals surface area contributed by atoms with Crippen molar-refractivity contribution in [3.63, 3.8) is 0 Å². The van der Waals surface area contributed by atoms with E-state index < -0.39 is 15.9 Å². The molecule has 0 aliphatic rings. The number of nitrogens with one attached hydrogen (secondary N) is 2. The molecule has 9 heteroatoms. The van der Waals surface area contributed by atoms with Crippen LogP contribution < -0.4 is 10.6 Å². The molecule has 0 saturated carbocycles. The Morgan fingerprint density at radius 1 is 1.08 bits per heavy atom.